The third-order valence-corrected chi connectivity index (χ3v) is 2.62. The summed E-state index contributed by atoms with van der Waals surface area (Å²) in [6.45, 7) is 3.55. The van der Waals surface area contributed by atoms with Gasteiger partial charge < -0.3 is 0 Å². The van der Waals surface area contributed by atoms with Gasteiger partial charge in [0.1, 0.15) is 5.82 Å². The highest BCUT2D eigenvalue weighted by molar-refractivity contribution is 8.14. The summed E-state index contributed by atoms with van der Waals surface area (Å²) < 4.78 is 33.9. The van der Waals surface area contributed by atoms with Crippen molar-refractivity contribution in [1.82, 2.24) is 0 Å². The molecule has 1 aromatic rings. The molecule has 0 radical (unpaired) electrons. The van der Waals surface area contributed by atoms with Gasteiger partial charge in [-0.2, -0.15) is 0 Å². The van der Waals surface area contributed by atoms with Gasteiger partial charge in [0.15, 0.2) is 0 Å². The van der Waals surface area contributed by atoms with E-state index in [4.69, 9.17) is 10.7 Å². The second-order valence-electron chi connectivity index (χ2n) is 2.79. The zero-order valence-corrected chi connectivity index (χ0v) is 8.78. The molecule has 76 valence electrons. The lowest BCUT2D eigenvalue weighted by Gasteiger charge is -2.02. The fourth-order valence-corrected chi connectivity index (χ4v) is 1.96. The van der Waals surface area contributed by atoms with Crippen molar-refractivity contribution in [3.05, 3.63) is 42.2 Å². The van der Waals surface area contributed by atoms with Crippen LogP contribution in [0, 0.1) is 5.82 Å². The molecule has 0 amide bonds. The van der Waals surface area contributed by atoms with Gasteiger partial charge in [0.2, 0.25) is 9.05 Å². The molecule has 0 heterocycles. The lowest BCUT2D eigenvalue weighted by Crippen LogP contribution is -1.99. The molecular formula is C9H8ClFO2S. The Morgan fingerprint density at radius 1 is 1.36 bits per heavy atom. The Hall–Kier alpha value is -0.870. The summed E-state index contributed by atoms with van der Waals surface area (Å²) in [6, 6.07) is 5.39. The van der Waals surface area contributed by atoms with Crippen LogP contribution in [0.3, 0.4) is 0 Å². The molecule has 0 aliphatic carbocycles. The van der Waals surface area contributed by atoms with Crippen LogP contribution in [0.1, 0.15) is 5.56 Å². The van der Waals surface area contributed by atoms with Gasteiger partial charge in [0, 0.05) is 10.7 Å². The van der Waals surface area contributed by atoms with Crippen LogP contribution in [0.5, 0.6) is 0 Å². The van der Waals surface area contributed by atoms with E-state index in [-0.39, 0.29) is 11.6 Å². The molecular weight excluding hydrogens is 227 g/mol. The van der Waals surface area contributed by atoms with E-state index in [0.29, 0.717) is 11.1 Å². The van der Waals surface area contributed by atoms with Crippen LogP contribution in [0.15, 0.2) is 30.8 Å². The highest BCUT2D eigenvalue weighted by Gasteiger charge is 2.09. The molecule has 0 bridgehead atoms. The van der Waals surface area contributed by atoms with Crippen LogP contribution in [0.4, 0.5) is 4.39 Å². The average molecular weight is 235 g/mol. The van der Waals surface area contributed by atoms with Crippen molar-refractivity contribution >= 4 is 25.3 Å². The summed E-state index contributed by atoms with van der Waals surface area (Å²) in [5, 5.41) is 0. The summed E-state index contributed by atoms with van der Waals surface area (Å²) in [6.07, 6.45) is 0. The van der Waals surface area contributed by atoms with E-state index < -0.39 is 9.05 Å². The zero-order chi connectivity index (χ0) is 10.8. The largest absolute Gasteiger partial charge is 0.236 e. The maximum Gasteiger partial charge on any atom is 0.236 e. The highest BCUT2D eigenvalue weighted by Crippen LogP contribution is 2.16. The van der Waals surface area contributed by atoms with Crippen molar-refractivity contribution < 1.29 is 12.8 Å². The van der Waals surface area contributed by atoms with Gasteiger partial charge >= 0.3 is 0 Å². The minimum Gasteiger partial charge on any atom is -0.212 e. The monoisotopic (exact) mass is 234 g/mol. The summed E-state index contributed by atoms with van der Waals surface area (Å²) in [4.78, 5) is 0. The first-order valence-electron chi connectivity index (χ1n) is 3.74. The first kappa shape index (κ1) is 11.2. The standard InChI is InChI=1S/C9H8ClFO2S/c1-7(6-14(10,12)13)8-2-4-9(11)5-3-8/h2-5H,1,6H2. The van der Waals surface area contributed by atoms with Gasteiger partial charge in [0.05, 0.1) is 5.75 Å². The molecule has 2 nitrogen and oxygen atoms in total. The third kappa shape index (κ3) is 3.47. The minimum atomic E-state index is -3.60. The van der Waals surface area contributed by atoms with Crippen LogP contribution in [0.2, 0.25) is 0 Å². The van der Waals surface area contributed by atoms with Crippen molar-refractivity contribution in [1.29, 1.82) is 0 Å². The predicted octanol–water partition coefficient (Wildman–Crippen LogP) is 2.41. The van der Waals surface area contributed by atoms with Crippen LogP contribution in [0.25, 0.3) is 5.57 Å². The third-order valence-electron chi connectivity index (χ3n) is 1.60. The van der Waals surface area contributed by atoms with Crippen molar-refractivity contribution in [3.8, 4) is 0 Å². The van der Waals surface area contributed by atoms with Crippen molar-refractivity contribution in [2.75, 3.05) is 5.75 Å². The van der Waals surface area contributed by atoms with Gasteiger partial charge in [-0.1, -0.05) is 18.7 Å². The number of hydrogen-bond donors (Lipinski definition) is 0. The lowest BCUT2D eigenvalue weighted by atomic mass is 10.1. The fourth-order valence-electron chi connectivity index (χ4n) is 0.977. The second kappa shape index (κ2) is 4.11. The molecule has 1 rings (SSSR count). The van der Waals surface area contributed by atoms with E-state index in [1.165, 1.54) is 24.3 Å². The summed E-state index contributed by atoms with van der Waals surface area (Å²) in [5.41, 5.74) is 0.913. The topological polar surface area (TPSA) is 34.1 Å². The molecule has 0 spiro atoms. The molecule has 14 heavy (non-hydrogen) atoms. The summed E-state index contributed by atoms with van der Waals surface area (Å²) in [7, 11) is 1.44. The van der Waals surface area contributed by atoms with Gasteiger partial charge in [-0.3, -0.25) is 0 Å². The van der Waals surface area contributed by atoms with Crippen molar-refractivity contribution in [3.63, 3.8) is 0 Å². The number of rotatable bonds is 3. The maximum atomic E-state index is 12.5. The zero-order valence-electron chi connectivity index (χ0n) is 7.20. The Morgan fingerprint density at radius 2 is 1.86 bits per heavy atom. The summed E-state index contributed by atoms with van der Waals surface area (Å²) in [5.74, 6) is -0.713. The van der Waals surface area contributed by atoms with Gasteiger partial charge in [-0.25, -0.2) is 12.8 Å². The van der Waals surface area contributed by atoms with E-state index in [0.717, 1.165) is 0 Å². The molecule has 1 aromatic carbocycles. The maximum absolute atomic E-state index is 12.5. The number of hydrogen-bond acceptors (Lipinski definition) is 2. The first-order chi connectivity index (χ1) is 6.38. The molecule has 0 N–H and O–H groups in total. The first-order valence-corrected chi connectivity index (χ1v) is 6.22. The average Bonchev–Trinajstić information content (AvgIpc) is 2.02. The smallest absolute Gasteiger partial charge is 0.212 e. The van der Waals surface area contributed by atoms with Gasteiger partial charge in [-0.05, 0) is 23.3 Å². The molecule has 0 aliphatic rings. The molecule has 0 aromatic heterocycles. The predicted molar refractivity (Wildman–Crippen MR) is 55.1 cm³/mol. The molecule has 5 heteroatoms. The van der Waals surface area contributed by atoms with Crippen LogP contribution < -0.4 is 0 Å². The SMILES string of the molecule is C=C(CS(=O)(=O)Cl)c1ccc(F)cc1. The number of benzene rings is 1. The quantitative estimate of drug-likeness (QED) is 0.753. The van der Waals surface area contributed by atoms with Crippen LogP contribution in [-0.4, -0.2) is 14.2 Å². The number of halogens is 2. The Labute approximate surface area is 86.4 Å². The molecule has 0 atom stereocenters. The summed E-state index contributed by atoms with van der Waals surface area (Å²) >= 11 is 0. The normalized spacial score (nSPS) is 11.3. The Balaban J connectivity index is 2.86. The van der Waals surface area contributed by atoms with Crippen molar-refractivity contribution in [2.24, 2.45) is 0 Å². The fraction of sp³-hybridized carbons (Fsp3) is 0.111. The van der Waals surface area contributed by atoms with Gasteiger partial charge in [-0.15, -0.1) is 0 Å². The lowest BCUT2D eigenvalue weighted by molar-refractivity contribution is 0.612. The molecule has 0 aliphatic heterocycles. The Morgan fingerprint density at radius 3 is 2.29 bits per heavy atom. The van der Waals surface area contributed by atoms with Crippen molar-refractivity contribution in [2.45, 2.75) is 0 Å². The minimum absolute atomic E-state index is 0.333. The van der Waals surface area contributed by atoms with Crippen LogP contribution in [-0.2, 0) is 9.05 Å². The molecule has 0 saturated heterocycles. The Bertz CT molecular complexity index is 436. The molecule has 0 unspecified atom stereocenters. The molecule has 0 saturated carbocycles. The van der Waals surface area contributed by atoms with Gasteiger partial charge in [0.25, 0.3) is 0 Å². The van der Waals surface area contributed by atoms with E-state index in [9.17, 15) is 12.8 Å². The van der Waals surface area contributed by atoms with E-state index in [1.807, 2.05) is 0 Å². The van der Waals surface area contributed by atoms with E-state index in [2.05, 4.69) is 6.58 Å². The highest BCUT2D eigenvalue weighted by atomic mass is 35.7. The molecule has 0 fully saturated rings. The van der Waals surface area contributed by atoms with E-state index in [1.54, 1.807) is 0 Å². The second-order valence-corrected chi connectivity index (χ2v) is 5.57. The van der Waals surface area contributed by atoms with Crippen LogP contribution >= 0.6 is 10.7 Å². The Kier molecular flexibility index (Phi) is 3.29. The van der Waals surface area contributed by atoms with E-state index >= 15 is 0 Å².